The van der Waals surface area contributed by atoms with E-state index in [9.17, 15) is 0 Å². The highest BCUT2D eigenvalue weighted by Gasteiger charge is 2.19. The zero-order valence-corrected chi connectivity index (χ0v) is 48.1. The molecule has 18 aromatic rings. The minimum absolute atomic E-state index is 0.757. The lowest BCUT2D eigenvalue weighted by atomic mass is 9.96. The van der Waals surface area contributed by atoms with Crippen LogP contribution in [0.25, 0.3) is 166 Å². The Hall–Kier alpha value is -12.5. The summed E-state index contributed by atoms with van der Waals surface area (Å²) in [6.07, 6.45) is 16.6. The van der Waals surface area contributed by atoms with Crippen molar-refractivity contribution in [1.82, 2.24) is 59.0 Å². The zero-order chi connectivity index (χ0) is 59.5. The first-order valence-electron chi connectivity index (χ1n) is 29.6. The highest BCUT2D eigenvalue weighted by Crippen LogP contribution is 2.38. The summed E-state index contributed by atoms with van der Waals surface area (Å²) in [5, 5.41) is 11.6. The number of hydrogen-bond donors (Lipinski definition) is 0. The van der Waals surface area contributed by atoms with Gasteiger partial charge in [0.25, 0.3) is 0 Å². The first-order valence-corrected chi connectivity index (χ1v) is 29.6. The second-order valence-electron chi connectivity index (χ2n) is 22.1. The van der Waals surface area contributed by atoms with Gasteiger partial charge in [-0.1, -0.05) is 121 Å². The fourth-order valence-corrected chi connectivity index (χ4v) is 12.6. The van der Waals surface area contributed by atoms with Gasteiger partial charge in [-0.05, 0) is 153 Å². The Morgan fingerprint density at radius 3 is 1.57 bits per heavy atom. The van der Waals surface area contributed by atoms with E-state index < -0.39 is 0 Å². The summed E-state index contributed by atoms with van der Waals surface area (Å²) < 4.78 is 4.37. The molecule has 0 N–H and O–H groups in total. The molecule has 12 nitrogen and oxygen atoms in total. The van der Waals surface area contributed by atoms with Crippen LogP contribution in [0.4, 0.5) is 0 Å². The Balaban J connectivity index is 0.000000139. The quantitative estimate of drug-likeness (QED) is 0.135. The lowest BCUT2D eigenvalue weighted by Crippen LogP contribution is -2.00. The minimum atomic E-state index is 0.757. The normalized spacial score (nSPS) is 11.6. The fourth-order valence-electron chi connectivity index (χ4n) is 12.6. The van der Waals surface area contributed by atoms with Crippen LogP contribution in [0.15, 0.2) is 292 Å². The molecule has 18 rings (SSSR count). The smallest absolute Gasteiger partial charge is 0.138 e. The first-order chi connectivity index (χ1) is 44.6. The fraction of sp³-hybridized carbons (Fsp3) is 0. The van der Waals surface area contributed by atoms with Gasteiger partial charge >= 0.3 is 0 Å². The Morgan fingerprint density at radius 1 is 0.222 bits per heavy atom. The summed E-state index contributed by atoms with van der Waals surface area (Å²) in [6.45, 7) is 0. The number of para-hydroxylation sites is 2. The Kier molecular flexibility index (Phi) is 12.5. The molecular weight excluding hydrogens is 1100 g/mol. The number of benzene rings is 6. The van der Waals surface area contributed by atoms with E-state index in [2.05, 4.69) is 198 Å². The van der Waals surface area contributed by atoms with Gasteiger partial charge in [0.2, 0.25) is 0 Å². The maximum absolute atomic E-state index is 5.20. The van der Waals surface area contributed by atoms with Gasteiger partial charge in [-0.2, -0.15) is 0 Å². The van der Waals surface area contributed by atoms with Crippen LogP contribution in [-0.4, -0.2) is 59.0 Å². The number of hydrogen-bond acceptors (Lipinski definition) is 10. The molecule has 0 amide bonds. The SMILES string of the molecule is c1ccc(-c2cc(-c3ccc4c(ccc5ccccc54)c3)cc(-c3cccc(-n4c5ccccc5c5cnccc54)n3)n2)nc1.c1cncc(-c2cc(-c3cnc4c(ccc5cccnc54)c3)cc(-c3cccc(-n4c5ccccc5c5ccncc54)n3)n2)c1. The van der Waals surface area contributed by atoms with Crippen LogP contribution in [0.1, 0.15) is 0 Å². The van der Waals surface area contributed by atoms with Crippen molar-refractivity contribution in [3.05, 3.63) is 292 Å². The third-order valence-corrected chi connectivity index (χ3v) is 16.8. The van der Waals surface area contributed by atoms with Gasteiger partial charge in [-0.25, -0.2) is 19.9 Å². The molecule has 12 heterocycles. The molecule has 0 spiro atoms. The molecule has 0 bridgehead atoms. The minimum Gasteiger partial charge on any atom is -0.294 e. The lowest BCUT2D eigenvalue weighted by molar-refractivity contribution is 1.07. The maximum atomic E-state index is 5.20. The molecular formula is C78H48N12. The van der Waals surface area contributed by atoms with E-state index >= 15 is 0 Å². The van der Waals surface area contributed by atoms with Crippen LogP contribution in [0.3, 0.4) is 0 Å². The van der Waals surface area contributed by atoms with Crippen LogP contribution in [0.2, 0.25) is 0 Å². The molecule has 0 unspecified atom stereocenters. The molecule has 0 aliphatic carbocycles. The molecule has 0 radical (unpaired) electrons. The first kappa shape index (κ1) is 51.8. The van der Waals surface area contributed by atoms with Crippen molar-refractivity contribution in [3.8, 4) is 79.3 Å². The van der Waals surface area contributed by atoms with E-state index in [0.29, 0.717) is 0 Å². The maximum Gasteiger partial charge on any atom is 0.138 e. The molecule has 12 heteroatoms. The lowest BCUT2D eigenvalue weighted by Gasteiger charge is -2.12. The number of pyridine rings is 10. The van der Waals surface area contributed by atoms with E-state index in [1.165, 1.54) is 21.5 Å². The largest absolute Gasteiger partial charge is 0.294 e. The summed E-state index contributed by atoms with van der Waals surface area (Å²) in [5.41, 5.74) is 16.6. The molecule has 0 atom stereocenters. The third kappa shape index (κ3) is 9.18. The number of nitrogens with zero attached hydrogens (tertiary/aromatic N) is 12. The van der Waals surface area contributed by atoms with Crippen molar-refractivity contribution in [1.29, 1.82) is 0 Å². The van der Waals surface area contributed by atoms with Crippen LogP contribution in [-0.2, 0) is 0 Å². The molecule has 90 heavy (non-hydrogen) atoms. The van der Waals surface area contributed by atoms with Crippen LogP contribution in [0, 0.1) is 0 Å². The van der Waals surface area contributed by atoms with Crippen LogP contribution >= 0.6 is 0 Å². The molecule has 0 aliphatic heterocycles. The number of aromatic nitrogens is 12. The Morgan fingerprint density at radius 2 is 0.778 bits per heavy atom. The van der Waals surface area contributed by atoms with E-state index in [-0.39, 0.29) is 0 Å². The van der Waals surface area contributed by atoms with Crippen LogP contribution in [0.5, 0.6) is 0 Å². The predicted octanol–water partition coefficient (Wildman–Crippen LogP) is 18.1. The summed E-state index contributed by atoms with van der Waals surface area (Å²) in [6, 6.07) is 81.3. The van der Waals surface area contributed by atoms with Gasteiger partial charge < -0.3 is 0 Å². The molecule has 12 aromatic heterocycles. The van der Waals surface area contributed by atoms with Gasteiger partial charge in [0.15, 0.2) is 0 Å². The monoisotopic (exact) mass is 1150 g/mol. The average Bonchev–Trinajstić information content (AvgIpc) is 1.66. The third-order valence-electron chi connectivity index (χ3n) is 16.8. The van der Waals surface area contributed by atoms with Crippen molar-refractivity contribution in [2.75, 3.05) is 0 Å². The molecule has 0 aliphatic rings. The Labute approximate surface area is 514 Å². The molecule has 6 aromatic carbocycles. The Bertz CT molecular complexity index is 5360. The van der Waals surface area contributed by atoms with E-state index in [1.807, 2.05) is 116 Å². The van der Waals surface area contributed by atoms with Crippen molar-refractivity contribution >= 4 is 87.0 Å². The van der Waals surface area contributed by atoms with Crippen LogP contribution < -0.4 is 0 Å². The average molecular weight is 1150 g/mol. The van der Waals surface area contributed by atoms with Crippen molar-refractivity contribution < 1.29 is 0 Å². The molecule has 0 fully saturated rings. The zero-order valence-electron chi connectivity index (χ0n) is 48.1. The summed E-state index contributed by atoms with van der Waals surface area (Å²) in [4.78, 5) is 47.9. The highest BCUT2D eigenvalue weighted by molar-refractivity contribution is 6.11. The molecule has 0 saturated carbocycles. The predicted molar refractivity (Wildman–Crippen MR) is 362 cm³/mol. The number of rotatable bonds is 8. The molecule has 0 saturated heterocycles. The van der Waals surface area contributed by atoms with Gasteiger partial charge in [0, 0.05) is 93.0 Å². The van der Waals surface area contributed by atoms with Crippen molar-refractivity contribution in [3.63, 3.8) is 0 Å². The highest BCUT2D eigenvalue weighted by atomic mass is 15.1. The van der Waals surface area contributed by atoms with E-state index in [0.717, 1.165) is 145 Å². The summed E-state index contributed by atoms with van der Waals surface area (Å²) in [5.74, 6) is 1.63. The molecule has 420 valence electrons. The second-order valence-corrected chi connectivity index (χ2v) is 22.1. The van der Waals surface area contributed by atoms with Gasteiger partial charge in [0.05, 0.1) is 79.2 Å². The van der Waals surface area contributed by atoms with Gasteiger partial charge in [-0.15, -0.1) is 0 Å². The number of fused-ring (bicyclic) bond motifs is 12. The second kappa shape index (κ2) is 21.8. The van der Waals surface area contributed by atoms with E-state index in [4.69, 9.17) is 24.9 Å². The standard InChI is InChI=1S/C40H25N5.C38H23N7/c1-2-9-30-26(8-1)15-16-28-22-27(17-18-31(28)30)29-23-36(34-11-5-6-20-42-34)43-37(24-29)35-12-7-14-40(44-35)45-38-13-4-3-10-32(38)33-25-41-21-19-39(33)45;1-2-10-34-29(8-1)30-14-17-40-23-35(30)45(34)36-11-3-9-31(44-36)33-20-27(19-32(43-33)26-7-4-15-39-21-26)28-18-25-13-12-24-6-5-16-41-37(24)38(25)42-22-28/h1-25H;1-23H. The van der Waals surface area contributed by atoms with E-state index in [1.54, 1.807) is 12.4 Å². The topological polar surface area (TPSA) is 139 Å². The van der Waals surface area contributed by atoms with Crippen molar-refractivity contribution in [2.45, 2.75) is 0 Å². The summed E-state index contributed by atoms with van der Waals surface area (Å²) in [7, 11) is 0. The van der Waals surface area contributed by atoms with Gasteiger partial charge in [-0.3, -0.25) is 39.0 Å². The summed E-state index contributed by atoms with van der Waals surface area (Å²) >= 11 is 0. The van der Waals surface area contributed by atoms with Gasteiger partial charge in [0.1, 0.15) is 11.6 Å². The van der Waals surface area contributed by atoms with Crippen molar-refractivity contribution in [2.24, 2.45) is 0 Å².